The molecule has 0 atom stereocenters. The summed E-state index contributed by atoms with van der Waals surface area (Å²) in [4.78, 5) is 3.99. The van der Waals surface area contributed by atoms with Crippen molar-refractivity contribution in [2.24, 2.45) is 0 Å². The van der Waals surface area contributed by atoms with E-state index in [1.165, 1.54) is 0 Å². The molecule has 2 heterocycles. The molecule has 0 aliphatic heterocycles. The Morgan fingerprint density at radius 1 is 1.40 bits per heavy atom. The molecule has 0 amide bonds. The summed E-state index contributed by atoms with van der Waals surface area (Å²) in [5, 5.41) is 0. The number of nitrogens with zero attached hydrogens (tertiary/aromatic N) is 2. The second-order valence-corrected chi connectivity index (χ2v) is 2.08. The second-order valence-electron chi connectivity index (χ2n) is 2.08. The van der Waals surface area contributed by atoms with E-state index in [1.807, 2.05) is 22.9 Å². The summed E-state index contributed by atoms with van der Waals surface area (Å²) in [6, 6.07) is 3.55. The fourth-order valence-corrected chi connectivity index (χ4v) is 0.948. The van der Waals surface area contributed by atoms with E-state index in [1.54, 1.807) is 12.3 Å². The van der Waals surface area contributed by atoms with Crippen molar-refractivity contribution in [3.63, 3.8) is 0 Å². The minimum Gasteiger partial charge on any atom is -0.305 e. The molecular weight excluding hydrogens is 126 g/mol. The fourth-order valence-electron chi connectivity index (χ4n) is 0.948. The zero-order valence-corrected chi connectivity index (χ0v) is 5.28. The van der Waals surface area contributed by atoms with Crippen LogP contribution in [0.2, 0.25) is 0 Å². The van der Waals surface area contributed by atoms with Gasteiger partial charge in [-0.25, -0.2) is 4.98 Å². The van der Waals surface area contributed by atoms with E-state index in [0.717, 1.165) is 0 Å². The molecule has 2 aromatic rings. The highest BCUT2D eigenvalue weighted by Gasteiger charge is 1.95. The van der Waals surface area contributed by atoms with Crippen LogP contribution in [0.3, 0.4) is 0 Å². The van der Waals surface area contributed by atoms with Gasteiger partial charge in [-0.15, -0.1) is 0 Å². The molecule has 0 aliphatic rings. The van der Waals surface area contributed by atoms with Crippen LogP contribution in [0.5, 0.6) is 0 Å². The Kier molecular flexibility index (Phi) is 0.917. The zero-order chi connectivity index (χ0) is 6.97. The van der Waals surface area contributed by atoms with Crippen LogP contribution < -0.4 is 5.73 Å². The van der Waals surface area contributed by atoms with Crippen LogP contribution in [0.1, 0.15) is 0 Å². The van der Waals surface area contributed by atoms with Gasteiger partial charge in [0.1, 0.15) is 0 Å². The van der Waals surface area contributed by atoms with Crippen molar-refractivity contribution in [3.8, 4) is 0 Å². The van der Waals surface area contributed by atoms with E-state index in [-0.39, 0.29) is 0 Å². The number of aromatic nitrogens is 2. The number of nitrogens with one attached hydrogen (secondary N) is 1. The molecule has 0 saturated heterocycles. The van der Waals surface area contributed by atoms with Gasteiger partial charge in [-0.05, 0) is 12.1 Å². The lowest BCUT2D eigenvalue weighted by atomic mass is 10.4. The Labute approximate surface area is 58.1 Å². The monoisotopic (exact) mass is 132 g/mol. The maximum Gasteiger partial charge on any atom is 0.162 e. The van der Waals surface area contributed by atoms with Crippen molar-refractivity contribution in [3.05, 3.63) is 30.7 Å². The van der Waals surface area contributed by atoms with Gasteiger partial charge in [0.25, 0.3) is 0 Å². The molecule has 0 fully saturated rings. The first-order valence-electron chi connectivity index (χ1n) is 3.01. The largest absolute Gasteiger partial charge is 0.305 e. The third kappa shape index (κ3) is 0.572. The lowest BCUT2D eigenvalue weighted by Gasteiger charge is -1.92. The standard InChI is InChI=1S/C7H6N3/c8-6-2-1-4-10-5-3-9-7(6)10/h1-5,8H. The van der Waals surface area contributed by atoms with Gasteiger partial charge in [0.2, 0.25) is 0 Å². The van der Waals surface area contributed by atoms with Gasteiger partial charge in [-0.3, -0.25) is 5.73 Å². The van der Waals surface area contributed by atoms with E-state index in [9.17, 15) is 0 Å². The van der Waals surface area contributed by atoms with Crippen molar-refractivity contribution in [1.82, 2.24) is 15.1 Å². The van der Waals surface area contributed by atoms with E-state index in [0.29, 0.717) is 11.3 Å². The van der Waals surface area contributed by atoms with Crippen molar-refractivity contribution < 1.29 is 0 Å². The first-order chi connectivity index (χ1) is 4.88. The molecule has 0 spiro atoms. The Hall–Kier alpha value is -1.51. The van der Waals surface area contributed by atoms with Crippen LogP contribution in [0, 0.1) is 0 Å². The van der Waals surface area contributed by atoms with E-state index in [4.69, 9.17) is 5.73 Å². The summed E-state index contributed by atoms with van der Waals surface area (Å²) in [7, 11) is 0. The van der Waals surface area contributed by atoms with Gasteiger partial charge in [0.05, 0.1) is 5.69 Å². The molecule has 10 heavy (non-hydrogen) atoms. The number of fused-ring (bicyclic) bond motifs is 1. The summed E-state index contributed by atoms with van der Waals surface area (Å²) in [6.07, 6.45) is 5.39. The van der Waals surface area contributed by atoms with Gasteiger partial charge in [0.15, 0.2) is 5.65 Å². The fraction of sp³-hybridized carbons (Fsp3) is 0. The number of hydrogen-bond donors (Lipinski definition) is 0. The smallest absolute Gasteiger partial charge is 0.162 e. The zero-order valence-electron chi connectivity index (χ0n) is 5.28. The number of hydrogen-bond acceptors (Lipinski definition) is 1. The molecule has 0 aliphatic carbocycles. The first-order valence-corrected chi connectivity index (χ1v) is 3.01. The molecule has 0 unspecified atom stereocenters. The summed E-state index contributed by atoms with van der Waals surface area (Å²) in [5.74, 6) is 0. The highest BCUT2D eigenvalue weighted by atomic mass is 15.0. The van der Waals surface area contributed by atoms with Crippen LogP contribution in [0.15, 0.2) is 30.7 Å². The molecule has 1 radical (unpaired) electrons. The van der Waals surface area contributed by atoms with Crippen molar-refractivity contribution in [2.45, 2.75) is 0 Å². The normalized spacial score (nSPS) is 10.4. The third-order valence-electron chi connectivity index (χ3n) is 1.42. The molecule has 1 N–H and O–H groups in total. The van der Waals surface area contributed by atoms with E-state index in [2.05, 4.69) is 4.98 Å². The lowest BCUT2D eigenvalue weighted by molar-refractivity contribution is 1.18. The summed E-state index contributed by atoms with van der Waals surface area (Å²) < 4.78 is 1.82. The Bertz CT molecular complexity index is 350. The minimum absolute atomic E-state index is 0.465. The van der Waals surface area contributed by atoms with Crippen LogP contribution in [0.4, 0.5) is 5.69 Å². The summed E-state index contributed by atoms with van der Waals surface area (Å²) in [6.45, 7) is 0. The maximum atomic E-state index is 7.40. The third-order valence-corrected chi connectivity index (χ3v) is 1.42. The summed E-state index contributed by atoms with van der Waals surface area (Å²) >= 11 is 0. The van der Waals surface area contributed by atoms with Gasteiger partial charge in [0, 0.05) is 18.6 Å². The quantitative estimate of drug-likeness (QED) is 0.531. The first kappa shape index (κ1) is 5.29. The molecule has 2 rings (SSSR count). The average molecular weight is 132 g/mol. The summed E-state index contributed by atoms with van der Waals surface area (Å²) in [5.41, 5.74) is 8.57. The Morgan fingerprint density at radius 2 is 2.30 bits per heavy atom. The molecule has 0 saturated carbocycles. The topological polar surface area (TPSA) is 41.1 Å². The van der Waals surface area contributed by atoms with E-state index >= 15 is 0 Å². The van der Waals surface area contributed by atoms with Gasteiger partial charge >= 0.3 is 0 Å². The molecule has 0 aromatic carbocycles. The Balaban J connectivity index is 2.95. The highest BCUT2D eigenvalue weighted by Crippen LogP contribution is 2.10. The van der Waals surface area contributed by atoms with Crippen LogP contribution >= 0.6 is 0 Å². The highest BCUT2D eigenvalue weighted by molar-refractivity contribution is 5.61. The van der Waals surface area contributed by atoms with Gasteiger partial charge in [-0.1, -0.05) is 0 Å². The van der Waals surface area contributed by atoms with E-state index < -0.39 is 0 Å². The molecular formula is C7H6N3. The van der Waals surface area contributed by atoms with Crippen molar-refractivity contribution >= 4 is 11.3 Å². The van der Waals surface area contributed by atoms with Crippen molar-refractivity contribution in [2.75, 3.05) is 0 Å². The Morgan fingerprint density at radius 3 is 3.10 bits per heavy atom. The second kappa shape index (κ2) is 1.73. The molecule has 2 aromatic heterocycles. The van der Waals surface area contributed by atoms with Crippen LogP contribution in [-0.2, 0) is 0 Å². The molecule has 3 nitrogen and oxygen atoms in total. The van der Waals surface area contributed by atoms with Crippen molar-refractivity contribution in [1.29, 1.82) is 0 Å². The van der Waals surface area contributed by atoms with Crippen LogP contribution in [-0.4, -0.2) is 9.38 Å². The van der Waals surface area contributed by atoms with Gasteiger partial charge in [-0.2, -0.15) is 0 Å². The number of rotatable bonds is 0. The average Bonchev–Trinajstić information content (AvgIpc) is 2.36. The lowest BCUT2D eigenvalue weighted by Crippen LogP contribution is -1.82. The SMILES string of the molecule is [NH]c1cccn2ccnc12. The molecule has 0 bridgehead atoms. The minimum atomic E-state index is 0.465. The number of imidazole rings is 1. The molecule has 49 valence electrons. The predicted octanol–water partition coefficient (Wildman–Crippen LogP) is 1.25. The number of pyridine rings is 1. The van der Waals surface area contributed by atoms with Crippen LogP contribution in [0.25, 0.3) is 5.65 Å². The predicted molar refractivity (Wildman–Crippen MR) is 37.9 cm³/mol. The van der Waals surface area contributed by atoms with Gasteiger partial charge < -0.3 is 4.40 Å². The molecule has 3 heteroatoms. The maximum absolute atomic E-state index is 7.40.